The number of hydrogen-bond acceptors (Lipinski definition) is 10. The lowest BCUT2D eigenvalue weighted by Gasteiger charge is -2.25. The third kappa shape index (κ3) is 12.9. The first-order valence-electron chi connectivity index (χ1n) is 10.1. The predicted octanol–water partition coefficient (Wildman–Crippen LogP) is 1.11. The van der Waals surface area contributed by atoms with E-state index in [0.29, 0.717) is 62.5 Å². The smallest absolute Gasteiger partial charge is 0.328 e. The number of nitrogens with zero attached hydrogens (tertiary/aromatic N) is 1. The summed E-state index contributed by atoms with van der Waals surface area (Å²) in [6.07, 6.45) is 1.48. The number of thioether (sulfide) groups is 1. The number of rotatable bonds is 17. The number of amides is 1. The summed E-state index contributed by atoms with van der Waals surface area (Å²) in [4.78, 5) is 26.0. The zero-order chi connectivity index (χ0) is 23.1. The van der Waals surface area contributed by atoms with E-state index in [0.717, 1.165) is 12.2 Å². The number of hydrogen-bond donors (Lipinski definition) is 1. The van der Waals surface area contributed by atoms with Crippen molar-refractivity contribution in [1.82, 2.24) is 4.90 Å². The van der Waals surface area contributed by atoms with E-state index in [1.807, 2.05) is 6.92 Å². The van der Waals surface area contributed by atoms with Gasteiger partial charge in [0.25, 0.3) is 0 Å². The van der Waals surface area contributed by atoms with Gasteiger partial charge in [-0.2, -0.15) is 20.2 Å². The summed E-state index contributed by atoms with van der Waals surface area (Å²) in [5.41, 5.74) is 0. The van der Waals surface area contributed by atoms with E-state index in [9.17, 15) is 18.0 Å². The van der Waals surface area contributed by atoms with Crippen LogP contribution in [0.4, 0.5) is 0 Å². The van der Waals surface area contributed by atoms with Gasteiger partial charge in [0.1, 0.15) is 6.04 Å². The summed E-state index contributed by atoms with van der Waals surface area (Å²) in [5, 5.41) is 0. The summed E-state index contributed by atoms with van der Waals surface area (Å²) < 4.78 is 50.3. The highest BCUT2D eigenvalue weighted by Crippen LogP contribution is 2.22. The lowest BCUT2D eigenvalue weighted by atomic mass is 10.1. The Kier molecular flexibility index (Phi) is 14.8. The largest absolute Gasteiger partial charge is 0.467 e. The normalized spacial score (nSPS) is 17.6. The van der Waals surface area contributed by atoms with E-state index in [4.69, 9.17) is 23.5 Å². The second kappa shape index (κ2) is 16.1. The Bertz CT molecular complexity index is 633. The fourth-order valence-corrected chi connectivity index (χ4v) is 5.02. The molecule has 1 aliphatic rings. The molecule has 0 radical (unpaired) electrons. The van der Waals surface area contributed by atoms with E-state index >= 15 is 0 Å². The monoisotopic (exact) mass is 503 g/mol. The molecule has 1 fully saturated rings. The summed E-state index contributed by atoms with van der Waals surface area (Å²) >= 11 is 1.63. The van der Waals surface area contributed by atoms with Gasteiger partial charge in [0.05, 0.1) is 46.8 Å². The molecular formula is C18H33NO9S3. The fourth-order valence-electron chi connectivity index (χ4n) is 2.88. The minimum Gasteiger partial charge on any atom is -0.467 e. The maximum atomic E-state index is 12.6. The molecule has 1 saturated heterocycles. The van der Waals surface area contributed by atoms with Gasteiger partial charge in [-0.05, 0) is 23.6 Å². The van der Waals surface area contributed by atoms with Crippen molar-refractivity contribution in [3.05, 3.63) is 0 Å². The summed E-state index contributed by atoms with van der Waals surface area (Å²) in [6, 6.07) is -0.450. The fraction of sp³-hybridized carbons (Fsp3) is 0.889. The van der Waals surface area contributed by atoms with E-state index in [1.165, 1.54) is 7.11 Å². The minimum atomic E-state index is -4.01. The van der Waals surface area contributed by atoms with Crippen LogP contribution >= 0.6 is 22.6 Å². The van der Waals surface area contributed by atoms with Gasteiger partial charge in [0, 0.05) is 29.7 Å². The van der Waals surface area contributed by atoms with Crippen LogP contribution in [0.2, 0.25) is 0 Å². The topological polar surface area (TPSA) is 129 Å². The highest BCUT2D eigenvalue weighted by molar-refractivity contribution is 8.69. The molecular weight excluding hydrogens is 470 g/mol. The van der Waals surface area contributed by atoms with E-state index in [-0.39, 0.29) is 30.2 Å². The number of methoxy groups -OCH3 is 1. The van der Waals surface area contributed by atoms with Gasteiger partial charge in [-0.15, -0.1) is 0 Å². The van der Waals surface area contributed by atoms with Gasteiger partial charge in [0.15, 0.2) is 0 Å². The number of ether oxygens (including phenoxy) is 4. The maximum absolute atomic E-state index is 12.6. The number of likely N-dealkylation sites (tertiary alicyclic amines) is 1. The predicted molar refractivity (Wildman–Crippen MR) is 120 cm³/mol. The summed E-state index contributed by atoms with van der Waals surface area (Å²) in [7, 11) is -2.23. The van der Waals surface area contributed by atoms with Crippen LogP contribution in [0.3, 0.4) is 0 Å². The molecule has 0 aromatic heterocycles. The highest BCUT2D eigenvalue weighted by atomic mass is 33.1. The van der Waals surface area contributed by atoms with E-state index in [1.54, 1.807) is 16.7 Å². The van der Waals surface area contributed by atoms with Gasteiger partial charge in [-0.25, -0.2) is 4.79 Å². The van der Waals surface area contributed by atoms with Crippen LogP contribution in [0.1, 0.15) is 19.8 Å². The molecule has 1 amide bonds. The first-order chi connectivity index (χ1) is 14.8. The van der Waals surface area contributed by atoms with Gasteiger partial charge in [0.2, 0.25) is 5.91 Å². The molecule has 0 spiro atoms. The van der Waals surface area contributed by atoms with Crippen LogP contribution in [0.15, 0.2) is 0 Å². The molecule has 2 atom stereocenters. The molecule has 1 heterocycles. The number of carbonyl (C=O) groups excluding carboxylic acids is 2. The molecule has 1 aliphatic heterocycles. The maximum Gasteiger partial charge on any atom is 0.328 e. The van der Waals surface area contributed by atoms with Crippen molar-refractivity contribution in [1.29, 1.82) is 0 Å². The molecule has 13 heteroatoms. The summed E-state index contributed by atoms with van der Waals surface area (Å²) in [5.74, 6) is 1.06. The highest BCUT2D eigenvalue weighted by Gasteiger charge is 2.36. The standard InChI is InChI=1S/C18H33NO9S3/c1-15(17(20)19-5-3-4-16(19)18(21)25-2)14-29-12-10-27-8-6-26-7-9-28-11-13-30-31(22,23)24/h15-16H,3-14H2,1-2H3,(H,22,23,24)/t15-,16+/m1/s1. The van der Waals surface area contributed by atoms with Crippen molar-refractivity contribution in [2.45, 2.75) is 25.8 Å². The van der Waals surface area contributed by atoms with Gasteiger partial charge in [-0.1, -0.05) is 6.92 Å². The first kappa shape index (κ1) is 28.5. The van der Waals surface area contributed by atoms with Crippen molar-refractivity contribution >= 4 is 43.6 Å². The summed E-state index contributed by atoms with van der Waals surface area (Å²) in [6.45, 7) is 4.82. The van der Waals surface area contributed by atoms with E-state index in [2.05, 4.69) is 0 Å². The molecule has 1 N–H and O–H groups in total. The Labute approximate surface area is 192 Å². The minimum absolute atomic E-state index is 0.00600. The molecule has 182 valence electrons. The van der Waals surface area contributed by atoms with Gasteiger partial charge < -0.3 is 23.8 Å². The van der Waals surface area contributed by atoms with Gasteiger partial charge in [-0.3, -0.25) is 9.35 Å². The van der Waals surface area contributed by atoms with Crippen LogP contribution < -0.4 is 0 Å². The molecule has 10 nitrogen and oxygen atoms in total. The van der Waals surface area contributed by atoms with E-state index < -0.39 is 15.2 Å². The molecule has 31 heavy (non-hydrogen) atoms. The van der Waals surface area contributed by atoms with Crippen LogP contribution in [-0.4, -0.2) is 106 Å². The lowest BCUT2D eigenvalue weighted by molar-refractivity contribution is -0.151. The van der Waals surface area contributed by atoms with Crippen molar-refractivity contribution in [2.75, 3.05) is 70.6 Å². The van der Waals surface area contributed by atoms with Crippen molar-refractivity contribution in [2.24, 2.45) is 5.92 Å². The number of carbonyl (C=O) groups is 2. The zero-order valence-electron chi connectivity index (χ0n) is 18.0. The molecule has 0 aliphatic carbocycles. The van der Waals surface area contributed by atoms with Crippen LogP contribution in [0.5, 0.6) is 0 Å². The Balaban J connectivity index is 1.96. The molecule has 1 rings (SSSR count). The second-order valence-electron chi connectivity index (χ2n) is 6.78. The Morgan fingerprint density at radius 3 is 2.23 bits per heavy atom. The van der Waals surface area contributed by atoms with Crippen LogP contribution in [-0.2, 0) is 37.7 Å². The third-order valence-electron chi connectivity index (χ3n) is 4.37. The molecule has 0 aromatic rings. The Morgan fingerprint density at radius 1 is 1.06 bits per heavy atom. The van der Waals surface area contributed by atoms with Crippen molar-refractivity contribution in [3.63, 3.8) is 0 Å². The number of esters is 1. The lowest BCUT2D eigenvalue weighted by Crippen LogP contribution is -2.44. The average Bonchev–Trinajstić information content (AvgIpc) is 3.21. The zero-order valence-corrected chi connectivity index (χ0v) is 20.5. The molecule has 0 bridgehead atoms. The van der Waals surface area contributed by atoms with Crippen molar-refractivity contribution in [3.8, 4) is 0 Å². The Morgan fingerprint density at radius 2 is 1.65 bits per heavy atom. The first-order valence-corrected chi connectivity index (χ1v) is 14.2. The molecule has 0 saturated carbocycles. The Hall–Kier alpha value is -0.570. The quantitative estimate of drug-likeness (QED) is 0.133. The van der Waals surface area contributed by atoms with Crippen molar-refractivity contribution < 1.29 is 41.5 Å². The molecule has 0 aromatic carbocycles. The molecule has 0 unspecified atom stereocenters. The second-order valence-corrected chi connectivity index (χ2v) is 11.4. The van der Waals surface area contributed by atoms with Crippen LogP contribution in [0.25, 0.3) is 0 Å². The van der Waals surface area contributed by atoms with Gasteiger partial charge >= 0.3 is 15.1 Å². The van der Waals surface area contributed by atoms with Crippen LogP contribution in [0, 0.1) is 5.92 Å². The third-order valence-corrected chi connectivity index (χ3v) is 7.59. The average molecular weight is 504 g/mol. The SMILES string of the molecule is COC(=O)[C@@H]1CCCN1C(=O)[C@H](C)CSCCOCCOCCOCCSS(=O)(=O)O.